The van der Waals surface area contributed by atoms with Gasteiger partial charge in [0.05, 0.1) is 19.2 Å². The van der Waals surface area contributed by atoms with Gasteiger partial charge in [0.2, 0.25) is 5.91 Å². The summed E-state index contributed by atoms with van der Waals surface area (Å²) in [6.45, 7) is 13.2. The molecule has 1 saturated heterocycles. The summed E-state index contributed by atoms with van der Waals surface area (Å²) in [4.78, 5) is 54.8. The van der Waals surface area contributed by atoms with Crippen molar-refractivity contribution in [2.75, 3.05) is 32.8 Å². The van der Waals surface area contributed by atoms with Crippen LogP contribution in [-0.4, -0.2) is 89.7 Å². The van der Waals surface area contributed by atoms with Crippen molar-refractivity contribution in [3.8, 4) is 0 Å². The van der Waals surface area contributed by atoms with Gasteiger partial charge in [-0.2, -0.15) is 0 Å². The first-order valence-electron chi connectivity index (χ1n) is 13.6. The smallest absolute Gasteiger partial charge is 0.326 e. The molecule has 0 spiro atoms. The standard InChI is InChI=1S/C29H45N3O7/c1-8-37-27(36)23-15-14-22(32(23)19-21-12-10-9-11-13-21)26(35)31(20-25(34)39-29(5,6)7)17-16-30-18-24(33)38-28(2,3)4/h9-13,22-23,30H,8,14-20H2,1-7H3/t22-,23+/m0/s1. The molecule has 2 rings (SSSR count). The molecule has 1 heterocycles. The van der Waals surface area contributed by atoms with Crippen LogP contribution < -0.4 is 5.32 Å². The minimum atomic E-state index is -0.706. The van der Waals surface area contributed by atoms with E-state index < -0.39 is 35.2 Å². The number of rotatable bonds is 12. The zero-order valence-electron chi connectivity index (χ0n) is 24.5. The molecule has 218 valence electrons. The van der Waals surface area contributed by atoms with Gasteiger partial charge in [-0.15, -0.1) is 0 Å². The summed E-state index contributed by atoms with van der Waals surface area (Å²) in [6, 6.07) is 8.44. The Morgan fingerprint density at radius 3 is 2.10 bits per heavy atom. The van der Waals surface area contributed by atoms with E-state index >= 15 is 0 Å². The fourth-order valence-corrected chi connectivity index (χ4v) is 4.43. The Morgan fingerprint density at radius 1 is 0.923 bits per heavy atom. The molecule has 10 heteroatoms. The van der Waals surface area contributed by atoms with Crippen LogP contribution in [0.25, 0.3) is 0 Å². The molecule has 1 aromatic carbocycles. The topological polar surface area (TPSA) is 114 Å². The molecule has 1 aromatic rings. The number of esters is 3. The summed E-state index contributed by atoms with van der Waals surface area (Å²) in [7, 11) is 0. The van der Waals surface area contributed by atoms with E-state index in [1.165, 1.54) is 4.90 Å². The number of carbonyl (C=O) groups is 4. The van der Waals surface area contributed by atoms with E-state index in [1.807, 2.05) is 35.2 Å². The third kappa shape index (κ3) is 11.3. The number of carbonyl (C=O) groups excluding carboxylic acids is 4. The van der Waals surface area contributed by atoms with Gasteiger partial charge >= 0.3 is 17.9 Å². The van der Waals surface area contributed by atoms with Crippen LogP contribution in [0.5, 0.6) is 0 Å². The lowest BCUT2D eigenvalue weighted by atomic mass is 10.1. The first-order chi connectivity index (χ1) is 18.2. The molecular weight excluding hydrogens is 502 g/mol. The number of likely N-dealkylation sites (tertiary alicyclic amines) is 1. The maximum atomic E-state index is 13.9. The maximum absolute atomic E-state index is 13.9. The minimum Gasteiger partial charge on any atom is -0.465 e. The molecule has 0 unspecified atom stereocenters. The van der Waals surface area contributed by atoms with Crippen LogP contribution in [0.3, 0.4) is 0 Å². The van der Waals surface area contributed by atoms with Gasteiger partial charge in [-0.3, -0.25) is 24.1 Å². The predicted octanol–water partition coefficient (Wildman–Crippen LogP) is 2.68. The third-order valence-electron chi connectivity index (χ3n) is 5.87. The van der Waals surface area contributed by atoms with Crippen LogP contribution in [0.1, 0.15) is 66.9 Å². The Bertz CT molecular complexity index is 969. The molecule has 1 N–H and O–H groups in total. The molecule has 1 amide bonds. The Kier molecular flexibility index (Phi) is 11.9. The first-order valence-corrected chi connectivity index (χ1v) is 13.6. The lowest BCUT2D eigenvalue weighted by Gasteiger charge is -2.32. The third-order valence-corrected chi connectivity index (χ3v) is 5.87. The molecule has 0 radical (unpaired) electrons. The second kappa shape index (κ2) is 14.4. The summed E-state index contributed by atoms with van der Waals surface area (Å²) >= 11 is 0. The summed E-state index contributed by atoms with van der Waals surface area (Å²) in [6.07, 6.45) is 0.921. The number of benzene rings is 1. The van der Waals surface area contributed by atoms with Crippen molar-refractivity contribution < 1.29 is 33.4 Å². The largest absolute Gasteiger partial charge is 0.465 e. The Morgan fingerprint density at radius 2 is 1.51 bits per heavy atom. The highest BCUT2D eigenvalue weighted by Gasteiger charge is 2.43. The first kappa shape index (κ1) is 32.2. The lowest BCUT2D eigenvalue weighted by Crippen LogP contribution is -2.52. The Balaban J connectivity index is 2.19. The lowest BCUT2D eigenvalue weighted by molar-refractivity contribution is -0.160. The van der Waals surface area contributed by atoms with Crippen molar-refractivity contribution in [3.63, 3.8) is 0 Å². The average Bonchev–Trinajstić information content (AvgIpc) is 3.22. The number of amides is 1. The fraction of sp³-hybridized carbons (Fsp3) is 0.655. The van der Waals surface area contributed by atoms with E-state index in [-0.39, 0.29) is 44.7 Å². The summed E-state index contributed by atoms with van der Waals surface area (Å²) in [5.41, 5.74) is -0.343. The summed E-state index contributed by atoms with van der Waals surface area (Å²) in [5.74, 6) is -1.57. The highest BCUT2D eigenvalue weighted by Crippen LogP contribution is 2.29. The highest BCUT2D eigenvalue weighted by atomic mass is 16.6. The summed E-state index contributed by atoms with van der Waals surface area (Å²) in [5, 5.41) is 2.99. The van der Waals surface area contributed by atoms with E-state index in [0.717, 1.165) is 5.56 Å². The number of nitrogens with zero attached hydrogens (tertiary/aromatic N) is 2. The molecule has 0 saturated carbocycles. The molecule has 2 atom stereocenters. The Labute approximate surface area is 232 Å². The van der Waals surface area contributed by atoms with Crippen LogP contribution in [0.15, 0.2) is 30.3 Å². The van der Waals surface area contributed by atoms with Gasteiger partial charge in [0.25, 0.3) is 0 Å². The van der Waals surface area contributed by atoms with Crippen LogP contribution in [0.2, 0.25) is 0 Å². The molecule has 1 aliphatic rings. The van der Waals surface area contributed by atoms with Gasteiger partial charge < -0.3 is 24.4 Å². The van der Waals surface area contributed by atoms with Crippen molar-refractivity contribution in [2.24, 2.45) is 0 Å². The van der Waals surface area contributed by atoms with Crippen molar-refractivity contribution in [1.29, 1.82) is 0 Å². The van der Waals surface area contributed by atoms with Crippen molar-refractivity contribution in [1.82, 2.24) is 15.1 Å². The second-order valence-corrected chi connectivity index (χ2v) is 11.6. The van der Waals surface area contributed by atoms with Crippen molar-refractivity contribution in [3.05, 3.63) is 35.9 Å². The maximum Gasteiger partial charge on any atom is 0.326 e. The van der Waals surface area contributed by atoms with E-state index in [0.29, 0.717) is 19.4 Å². The van der Waals surface area contributed by atoms with Crippen LogP contribution >= 0.6 is 0 Å². The molecule has 39 heavy (non-hydrogen) atoms. The van der Waals surface area contributed by atoms with Gasteiger partial charge in [-0.05, 0) is 66.9 Å². The molecule has 1 fully saturated rings. The average molecular weight is 548 g/mol. The summed E-state index contributed by atoms with van der Waals surface area (Å²) < 4.78 is 16.1. The highest BCUT2D eigenvalue weighted by molar-refractivity contribution is 5.87. The van der Waals surface area contributed by atoms with Crippen LogP contribution in [0, 0.1) is 0 Å². The second-order valence-electron chi connectivity index (χ2n) is 11.6. The van der Waals surface area contributed by atoms with Gasteiger partial charge in [0.15, 0.2) is 0 Å². The Hall–Kier alpha value is -2.98. The minimum absolute atomic E-state index is 0.0275. The quantitative estimate of drug-likeness (QED) is 0.240. The molecule has 0 aliphatic carbocycles. The molecule has 0 aromatic heterocycles. The molecule has 1 aliphatic heterocycles. The van der Waals surface area contributed by atoms with Crippen molar-refractivity contribution in [2.45, 2.75) is 91.1 Å². The SMILES string of the molecule is CCOC(=O)[C@H]1CC[C@@H](C(=O)N(CCNCC(=O)OC(C)(C)C)CC(=O)OC(C)(C)C)N1Cc1ccccc1. The molecule has 0 bridgehead atoms. The number of nitrogens with one attached hydrogen (secondary N) is 1. The number of ether oxygens (including phenoxy) is 3. The fourth-order valence-electron chi connectivity index (χ4n) is 4.43. The zero-order chi connectivity index (χ0) is 29.2. The van der Waals surface area contributed by atoms with E-state index in [4.69, 9.17) is 14.2 Å². The monoisotopic (exact) mass is 547 g/mol. The van der Waals surface area contributed by atoms with E-state index in [9.17, 15) is 19.2 Å². The van der Waals surface area contributed by atoms with Crippen molar-refractivity contribution >= 4 is 23.8 Å². The predicted molar refractivity (Wildman–Crippen MR) is 147 cm³/mol. The van der Waals surface area contributed by atoms with Gasteiger partial charge in [0, 0.05) is 19.6 Å². The zero-order valence-corrected chi connectivity index (χ0v) is 24.5. The normalized spacial score (nSPS) is 17.9. The van der Waals surface area contributed by atoms with Gasteiger partial charge in [-0.25, -0.2) is 0 Å². The van der Waals surface area contributed by atoms with Crippen LogP contribution in [0.4, 0.5) is 0 Å². The van der Waals surface area contributed by atoms with E-state index in [2.05, 4.69) is 5.32 Å². The molecular formula is C29H45N3O7. The molecule has 10 nitrogen and oxygen atoms in total. The van der Waals surface area contributed by atoms with Crippen LogP contribution in [-0.2, 0) is 39.9 Å². The van der Waals surface area contributed by atoms with Gasteiger partial charge in [-0.1, -0.05) is 30.3 Å². The number of hydrogen-bond acceptors (Lipinski definition) is 9. The number of hydrogen-bond donors (Lipinski definition) is 1. The van der Waals surface area contributed by atoms with E-state index in [1.54, 1.807) is 48.5 Å². The van der Waals surface area contributed by atoms with Gasteiger partial charge in [0.1, 0.15) is 23.8 Å².